The molecular weight excluding hydrogens is 533 g/mol. The first-order valence-corrected chi connectivity index (χ1v) is 13.1. The molecule has 0 saturated heterocycles. The summed E-state index contributed by atoms with van der Waals surface area (Å²) in [7, 11) is 1.63. The van der Waals surface area contributed by atoms with Crippen molar-refractivity contribution in [3.63, 3.8) is 0 Å². The van der Waals surface area contributed by atoms with Gasteiger partial charge in [-0.3, -0.25) is 4.57 Å². The van der Waals surface area contributed by atoms with Gasteiger partial charge < -0.3 is 20.1 Å². The van der Waals surface area contributed by atoms with E-state index in [2.05, 4.69) is 20.8 Å². The van der Waals surface area contributed by atoms with Crippen molar-refractivity contribution in [1.29, 1.82) is 0 Å². The fourth-order valence-electron chi connectivity index (χ4n) is 3.45. The SMILES string of the molecule is CCOc1ccc(NC(=O)NCc2nnc(SCc3cccc(OC)c3)n2-c2cc(Cl)ccc2Cl)cc1. The van der Waals surface area contributed by atoms with Crippen molar-refractivity contribution in [2.45, 2.75) is 24.4 Å². The van der Waals surface area contributed by atoms with Crippen LogP contribution in [0.3, 0.4) is 0 Å². The van der Waals surface area contributed by atoms with Crippen molar-refractivity contribution in [3.05, 3.63) is 88.2 Å². The molecule has 1 heterocycles. The Morgan fingerprint density at radius 3 is 2.59 bits per heavy atom. The summed E-state index contributed by atoms with van der Waals surface area (Å²) in [6, 6.07) is 19.7. The minimum Gasteiger partial charge on any atom is -0.497 e. The predicted molar refractivity (Wildman–Crippen MR) is 147 cm³/mol. The number of anilines is 1. The number of halogens is 2. The molecule has 0 bridgehead atoms. The number of carbonyl (C=O) groups is 1. The molecule has 2 amide bonds. The number of nitrogens with one attached hydrogen (secondary N) is 2. The Labute approximate surface area is 229 Å². The van der Waals surface area contributed by atoms with Gasteiger partial charge in [0.1, 0.15) is 11.5 Å². The molecule has 0 aliphatic rings. The average Bonchev–Trinajstić information content (AvgIpc) is 3.31. The van der Waals surface area contributed by atoms with Crippen molar-refractivity contribution in [3.8, 4) is 17.2 Å². The monoisotopic (exact) mass is 557 g/mol. The molecule has 0 aliphatic heterocycles. The Hall–Kier alpha value is -3.40. The highest BCUT2D eigenvalue weighted by Gasteiger charge is 2.18. The molecule has 3 aromatic carbocycles. The molecule has 37 heavy (non-hydrogen) atoms. The number of hydrogen-bond acceptors (Lipinski definition) is 6. The molecule has 192 valence electrons. The van der Waals surface area contributed by atoms with Crippen LogP contribution in [0, 0.1) is 0 Å². The minimum atomic E-state index is -0.388. The number of aromatic nitrogens is 3. The molecule has 1 aromatic heterocycles. The van der Waals surface area contributed by atoms with E-state index in [-0.39, 0.29) is 12.6 Å². The lowest BCUT2D eigenvalue weighted by molar-refractivity contribution is 0.251. The molecule has 4 aromatic rings. The molecular formula is C26H25Cl2N5O3S. The number of nitrogens with zero attached hydrogens (tertiary/aromatic N) is 3. The van der Waals surface area contributed by atoms with Crippen LogP contribution in [0.25, 0.3) is 5.69 Å². The van der Waals surface area contributed by atoms with E-state index in [1.165, 1.54) is 11.8 Å². The number of carbonyl (C=O) groups excluding carboxylic acids is 1. The van der Waals surface area contributed by atoms with E-state index in [1.807, 2.05) is 31.2 Å². The highest BCUT2D eigenvalue weighted by Crippen LogP contribution is 2.31. The van der Waals surface area contributed by atoms with Gasteiger partial charge in [0, 0.05) is 16.5 Å². The van der Waals surface area contributed by atoms with Crippen LogP contribution in [-0.4, -0.2) is 34.5 Å². The summed E-state index contributed by atoms with van der Waals surface area (Å²) >= 11 is 14.3. The summed E-state index contributed by atoms with van der Waals surface area (Å²) in [5, 5.41) is 15.9. The van der Waals surface area contributed by atoms with E-state index in [0.29, 0.717) is 44.8 Å². The number of hydrogen-bond donors (Lipinski definition) is 2. The van der Waals surface area contributed by atoms with Crippen molar-refractivity contribution in [1.82, 2.24) is 20.1 Å². The van der Waals surface area contributed by atoms with Crippen molar-refractivity contribution >= 4 is 46.7 Å². The molecule has 0 aliphatic carbocycles. The molecule has 2 N–H and O–H groups in total. The maximum Gasteiger partial charge on any atom is 0.319 e. The van der Waals surface area contributed by atoms with E-state index >= 15 is 0 Å². The second-order valence-electron chi connectivity index (χ2n) is 7.74. The van der Waals surface area contributed by atoms with Gasteiger partial charge in [-0.05, 0) is 67.1 Å². The molecule has 0 saturated carbocycles. The lowest BCUT2D eigenvalue weighted by Crippen LogP contribution is -2.29. The number of benzene rings is 3. The molecule has 0 atom stereocenters. The summed E-state index contributed by atoms with van der Waals surface area (Å²) in [6.45, 7) is 2.60. The van der Waals surface area contributed by atoms with Gasteiger partial charge in [0.15, 0.2) is 11.0 Å². The van der Waals surface area contributed by atoms with Crippen molar-refractivity contribution in [2.75, 3.05) is 19.0 Å². The van der Waals surface area contributed by atoms with Gasteiger partial charge in [0.05, 0.1) is 31.0 Å². The number of ether oxygens (including phenoxy) is 2. The van der Waals surface area contributed by atoms with E-state index in [0.717, 1.165) is 17.1 Å². The molecule has 8 nitrogen and oxygen atoms in total. The molecule has 0 radical (unpaired) electrons. The average molecular weight is 558 g/mol. The van der Waals surface area contributed by atoms with Crippen LogP contribution in [0.2, 0.25) is 10.0 Å². The summed E-state index contributed by atoms with van der Waals surface area (Å²) in [5.74, 6) is 2.64. The second-order valence-corrected chi connectivity index (χ2v) is 9.52. The van der Waals surface area contributed by atoms with Crippen molar-refractivity contribution in [2.24, 2.45) is 0 Å². The second kappa shape index (κ2) is 12.7. The Balaban J connectivity index is 1.51. The Bertz CT molecular complexity index is 1360. The maximum atomic E-state index is 12.6. The first-order valence-electron chi connectivity index (χ1n) is 11.4. The summed E-state index contributed by atoms with van der Waals surface area (Å²) < 4.78 is 12.6. The van der Waals surface area contributed by atoms with Crippen LogP contribution in [0.15, 0.2) is 71.9 Å². The van der Waals surface area contributed by atoms with Gasteiger partial charge in [-0.2, -0.15) is 0 Å². The first-order chi connectivity index (χ1) is 18.0. The normalized spacial score (nSPS) is 10.7. The van der Waals surface area contributed by atoms with E-state index in [9.17, 15) is 4.79 Å². The largest absolute Gasteiger partial charge is 0.497 e. The predicted octanol–water partition coefficient (Wildman–Crippen LogP) is 6.60. The third-order valence-corrected chi connectivity index (χ3v) is 6.74. The zero-order chi connectivity index (χ0) is 26.2. The van der Waals surface area contributed by atoms with E-state index in [4.69, 9.17) is 32.7 Å². The Kier molecular flexibility index (Phi) is 9.16. The van der Waals surface area contributed by atoms with Crippen LogP contribution in [0.4, 0.5) is 10.5 Å². The number of urea groups is 1. The zero-order valence-corrected chi connectivity index (χ0v) is 22.5. The summed E-state index contributed by atoms with van der Waals surface area (Å²) in [5.41, 5.74) is 2.32. The number of amides is 2. The molecule has 0 fully saturated rings. The topological polar surface area (TPSA) is 90.3 Å². The van der Waals surface area contributed by atoms with Gasteiger partial charge in [-0.15, -0.1) is 10.2 Å². The fourth-order valence-corrected chi connectivity index (χ4v) is 4.73. The van der Waals surface area contributed by atoms with Gasteiger partial charge in [-0.25, -0.2) is 4.79 Å². The first kappa shape index (κ1) is 26.7. The van der Waals surface area contributed by atoms with E-state index in [1.54, 1.807) is 54.1 Å². The summed E-state index contributed by atoms with van der Waals surface area (Å²) in [6.07, 6.45) is 0. The van der Waals surface area contributed by atoms with E-state index < -0.39 is 0 Å². The highest BCUT2D eigenvalue weighted by atomic mass is 35.5. The Morgan fingerprint density at radius 1 is 1.03 bits per heavy atom. The third kappa shape index (κ3) is 7.09. The van der Waals surface area contributed by atoms with Crippen LogP contribution in [0.5, 0.6) is 11.5 Å². The zero-order valence-electron chi connectivity index (χ0n) is 20.2. The summed E-state index contributed by atoms with van der Waals surface area (Å²) in [4.78, 5) is 12.6. The van der Waals surface area contributed by atoms with Gasteiger partial charge in [0.2, 0.25) is 0 Å². The third-order valence-electron chi connectivity index (χ3n) is 5.18. The maximum absolute atomic E-state index is 12.6. The van der Waals surface area contributed by atoms with Crippen molar-refractivity contribution < 1.29 is 14.3 Å². The molecule has 0 spiro atoms. The molecule has 4 rings (SSSR count). The van der Waals surface area contributed by atoms with Crippen LogP contribution >= 0.6 is 35.0 Å². The van der Waals surface area contributed by atoms with Crippen LogP contribution < -0.4 is 20.1 Å². The quantitative estimate of drug-likeness (QED) is 0.213. The lowest BCUT2D eigenvalue weighted by Gasteiger charge is -2.13. The lowest BCUT2D eigenvalue weighted by atomic mass is 10.2. The molecule has 0 unspecified atom stereocenters. The fraction of sp³-hybridized carbons (Fsp3) is 0.192. The minimum absolute atomic E-state index is 0.110. The highest BCUT2D eigenvalue weighted by molar-refractivity contribution is 7.98. The van der Waals surface area contributed by atoms with Crippen LogP contribution in [0.1, 0.15) is 18.3 Å². The molecule has 11 heteroatoms. The Morgan fingerprint density at radius 2 is 1.84 bits per heavy atom. The number of thioether (sulfide) groups is 1. The van der Waals surface area contributed by atoms with Gasteiger partial charge >= 0.3 is 6.03 Å². The van der Waals surface area contributed by atoms with Crippen LogP contribution in [-0.2, 0) is 12.3 Å². The standard InChI is InChI=1S/C26H25Cl2N5O3S/c1-3-36-20-10-8-19(9-11-20)30-25(34)29-15-24-31-32-26(33(24)23-14-18(27)7-12-22(23)28)37-16-17-5-4-6-21(13-17)35-2/h4-14H,3,15-16H2,1-2H3,(H2,29,30,34). The number of rotatable bonds is 10. The van der Waals surface area contributed by atoms with Gasteiger partial charge in [-0.1, -0.05) is 47.1 Å². The smallest absolute Gasteiger partial charge is 0.319 e. The number of methoxy groups -OCH3 is 1. The van der Waals surface area contributed by atoms with Gasteiger partial charge in [0.25, 0.3) is 0 Å².